The maximum atomic E-state index is 11.9. The summed E-state index contributed by atoms with van der Waals surface area (Å²) in [6, 6.07) is 8.00. The van der Waals surface area contributed by atoms with Crippen molar-refractivity contribution in [1.82, 2.24) is 9.62 Å². The Kier molecular flexibility index (Phi) is 4.03. The lowest BCUT2D eigenvalue weighted by atomic mass is 10.4. The smallest absolute Gasteiger partial charge is 0.243 e. The van der Waals surface area contributed by atoms with Crippen molar-refractivity contribution < 1.29 is 13.2 Å². The first kappa shape index (κ1) is 12.7. The van der Waals surface area contributed by atoms with Gasteiger partial charge in [0.1, 0.15) is 0 Å². The summed E-state index contributed by atoms with van der Waals surface area (Å²) in [5.41, 5.74) is 0. The summed E-state index contributed by atoms with van der Waals surface area (Å²) in [6.45, 7) is -0.187. The predicted octanol–water partition coefficient (Wildman–Crippen LogP) is 0.0531. The van der Waals surface area contributed by atoms with Crippen molar-refractivity contribution in [3.8, 4) is 0 Å². The van der Waals surface area contributed by atoms with Gasteiger partial charge in [0.15, 0.2) is 0 Å². The topological polar surface area (TPSA) is 66.5 Å². The van der Waals surface area contributed by atoms with Gasteiger partial charge in [-0.15, -0.1) is 0 Å². The van der Waals surface area contributed by atoms with Crippen molar-refractivity contribution in [3.63, 3.8) is 0 Å². The summed E-state index contributed by atoms with van der Waals surface area (Å²) in [5.74, 6) is -0.345. The van der Waals surface area contributed by atoms with Crippen LogP contribution in [0.2, 0.25) is 0 Å². The standard InChI is InChI=1S/C10H14N2O3S/c1-11-10(13)8-12(2)16(14,15)9-6-4-3-5-7-9/h3-7H,8H2,1-2H3,(H,11,13). The fourth-order valence-electron chi connectivity index (χ4n) is 1.14. The number of carbonyl (C=O) groups excluding carboxylic acids is 1. The molecule has 0 spiro atoms. The van der Waals surface area contributed by atoms with Gasteiger partial charge in [0.05, 0.1) is 11.4 Å². The number of benzene rings is 1. The van der Waals surface area contributed by atoms with E-state index in [2.05, 4.69) is 5.32 Å². The Balaban J connectivity index is 2.91. The van der Waals surface area contributed by atoms with Crippen molar-refractivity contribution in [3.05, 3.63) is 30.3 Å². The molecule has 0 aliphatic carbocycles. The van der Waals surface area contributed by atoms with Crippen molar-refractivity contribution in [1.29, 1.82) is 0 Å². The maximum Gasteiger partial charge on any atom is 0.243 e. The second kappa shape index (κ2) is 5.09. The number of carbonyl (C=O) groups is 1. The highest BCUT2D eigenvalue weighted by atomic mass is 32.2. The number of sulfonamides is 1. The summed E-state index contributed by atoms with van der Waals surface area (Å²) < 4.78 is 24.9. The lowest BCUT2D eigenvalue weighted by Gasteiger charge is -2.15. The molecule has 0 saturated carbocycles. The van der Waals surface area contributed by atoms with Crippen LogP contribution in [0.4, 0.5) is 0 Å². The highest BCUT2D eigenvalue weighted by molar-refractivity contribution is 7.89. The zero-order chi connectivity index (χ0) is 12.2. The van der Waals surface area contributed by atoms with Gasteiger partial charge in [-0.25, -0.2) is 8.42 Å². The Morgan fingerprint density at radius 1 is 1.31 bits per heavy atom. The van der Waals surface area contributed by atoms with Crippen LogP contribution in [0.3, 0.4) is 0 Å². The average Bonchev–Trinajstić information content (AvgIpc) is 2.29. The van der Waals surface area contributed by atoms with Crippen LogP contribution in [0, 0.1) is 0 Å². The molecule has 1 aromatic rings. The fourth-order valence-corrected chi connectivity index (χ4v) is 2.29. The van der Waals surface area contributed by atoms with Crippen molar-refractivity contribution in [2.45, 2.75) is 4.90 Å². The van der Waals surface area contributed by atoms with Crippen molar-refractivity contribution in [2.75, 3.05) is 20.6 Å². The molecule has 1 amide bonds. The lowest BCUT2D eigenvalue weighted by molar-refractivity contribution is -0.120. The number of nitrogens with one attached hydrogen (secondary N) is 1. The number of nitrogens with zero attached hydrogens (tertiary/aromatic N) is 1. The zero-order valence-electron chi connectivity index (χ0n) is 9.17. The summed E-state index contributed by atoms with van der Waals surface area (Å²) in [4.78, 5) is 11.3. The summed E-state index contributed by atoms with van der Waals surface area (Å²) >= 11 is 0. The van der Waals surface area contributed by atoms with E-state index in [1.165, 1.54) is 26.2 Å². The molecule has 0 bridgehead atoms. The molecule has 0 heterocycles. The SMILES string of the molecule is CNC(=O)CN(C)S(=O)(=O)c1ccccc1. The zero-order valence-corrected chi connectivity index (χ0v) is 9.99. The van der Waals surface area contributed by atoms with Crippen LogP contribution < -0.4 is 5.32 Å². The largest absolute Gasteiger partial charge is 0.358 e. The van der Waals surface area contributed by atoms with Gasteiger partial charge in [0, 0.05) is 14.1 Å². The van der Waals surface area contributed by atoms with E-state index in [0.29, 0.717) is 0 Å². The average molecular weight is 242 g/mol. The highest BCUT2D eigenvalue weighted by Gasteiger charge is 2.21. The van der Waals surface area contributed by atoms with E-state index in [-0.39, 0.29) is 17.3 Å². The Morgan fingerprint density at radius 3 is 2.38 bits per heavy atom. The van der Waals surface area contributed by atoms with Crippen LogP contribution in [0.5, 0.6) is 0 Å². The molecule has 6 heteroatoms. The normalized spacial score (nSPS) is 11.4. The van der Waals surface area contributed by atoms with E-state index in [9.17, 15) is 13.2 Å². The fraction of sp³-hybridized carbons (Fsp3) is 0.300. The summed E-state index contributed by atoms with van der Waals surface area (Å²) in [5, 5.41) is 2.37. The minimum atomic E-state index is -3.57. The summed E-state index contributed by atoms with van der Waals surface area (Å²) in [6.07, 6.45) is 0. The Labute approximate surface area is 95.1 Å². The van der Waals surface area contributed by atoms with Gasteiger partial charge in [0.25, 0.3) is 0 Å². The molecule has 0 aliphatic rings. The molecule has 88 valence electrons. The number of amides is 1. The van der Waals surface area contributed by atoms with E-state index < -0.39 is 10.0 Å². The molecule has 0 unspecified atom stereocenters. The second-order valence-electron chi connectivity index (χ2n) is 3.25. The van der Waals surface area contributed by atoms with Crippen LogP contribution in [-0.4, -0.2) is 39.3 Å². The molecule has 0 saturated heterocycles. The van der Waals surface area contributed by atoms with Gasteiger partial charge >= 0.3 is 0 Å². The molecule has 16 heavy (non-hydrogen) atoms. The van der Waals surface area contributed by atoms with E-state index in [1.807, 2.05) is 0 Å². The van der Waals surface area contributed by atoms with Crippen molar-refractivity contribution >= 4 is 15.9 Å². The number of hydrogen-bond donors (Lipinski definition) is 1. The molecule has 1 N–H and O–H groups in total. The van der Waals surface area contributed by atoms with Gasteiger partial charge in [-0.05, 0) is 12.1 Å². The predicted molar refractivity (Wildman–Crippen MR) is 60.3 cm³/mol. The minimum absolute atomic E-state index is 0.182. The molecule has 0 aliphatic heterocycles. The molecule has 0 fully saturated rings. The van der Waals surface area contributed by atoms with E-state index in [0.717, 1.165) is 4.31 Å². The molecule has 0 radical (unpaired) electrons. The van der Waals surface area contributed by atoms with E-state index >= 15 is 0 Å². The van der Waals surface area contributed by atoms with Gasteiger partial charge in [-0.2, -0.15) is 4.31 Å². The van der Waals surface area contributed by atoms with Gasteiger partial charge in [0.2, 0.25) is 15.9 Å². The molecule has 5 nitrogen and oxygen atoms in total. The Bertz CT molecular complexity index is 456. The van der Waals surface area contributed by atoms with Crippen molar-refractivity contribution in [2.24, 2.45) is 0 Å². The highest BCUT2D eigenvalue weighted by Crippen LogP contribution is 2.12. The number of rotatable bonds is 4. The molecule has 1 rings (SSSR count). The van der Waals surface area contributed by atoms with Gasteiger partial charge in [-0.1, -0.05) is 18.2 Å². The Hall–Kier alpha value is -1.40. The molecular weight excluding hydrogens is 228 g/mol. The maximum absolute atomic E-state index is 11.9. The third-order valence-corrected chi connectivity index (χ3v) is 3.91. The molecule has 1 aromatic carbocycles. The third kappa shape index (κ3) is 2.80. The van der Waals surface area contributed by atoms with Crippen LogP contribution >= 0.6 is 0 Å². The first-order chi connectivity index (χ1) is 7.48. The third-order valence-electron chi connectivity index (χ3n) is 2.10. The minimum Gasteiger partial charge on any atom is -0.358 e. The van der Waals surface area contributed by atoms with Crippen LogP contribution in [-0.2, 0) is 14.8 Å². The molecule has 0 aromatic heterocycles. The molecular formula is C10H14N2O3S. The van der Waals surface area contributed by atoms with Gasteiger partial charge in [-0.3, -0.25) is 4.79 Å². The Morgan fingerprint density at radius 2 is 1.88 bits per heavy atom. The van der Waals surface area contributed by atoms with Crippen LogP contribution in [0.15, 0.2) is 35.2 Å². The number of likely N-dealkylation sites (N-methyl/N-ethyl adjacent to an activating group) is 2. The second-order valence-corrected chi connectivity index (χ2v) is 5.29. The first-order valence-corrected chi connectivity index (χ1v) is 6.14. The quantitative estimate of drug-likeness (QED) is 0.811. The first-order valence-electron chi connectivity index (χ1n) is 4.70. The van der Waals surface area contributed by atoms with Crippen LogP contribution in [0.25, 0.3) is 0 Å². The van der Waals surface area contributed by atoms with Gasteiger partial charge < -0.3 is 5.32 Å². The monoisotopic (exact) mass is 242 g/mol. The number of hydrogen-bond acceptors (Lipinski definition) is 3. The molecule has 0 atom stereocenters. The van der Waals surface area contributed by atoms with E-state index in [4.69, 9.17) is 0 Å². The summed E-state index contributed by atoms with van der Waals surface area (Å²) in [7, 11) is -0.735. The van der Waals surface area contributed by atoms with E-state index in [1.54, 1.807) is 18.2 Å². The van der Waals surface area contributed by atoms with Crippen LogP contribution in [0.1, 0.15) is 0 Å². The lowest BCUT2D eigenvalue weighted by Crippen LogP contribution is -2.36.